The molecular weight excluding hydrogens is 607 g/mol. The van der Waals surface area contributed by atoms with Crippen molar-refractivity contribution in [3.63, 3.8) is 0 Å². The van der Waals surface area contributed by atoms with Crippen LogP contribution in [-0.4, -0.2) is 75.1 Å². The highest BCUT2D eigenvalue weighted by molar-refractivity contribution is 5.98. The third-order valence-electron chi connectivity index (χ3n) is 7.06. The van der Waals surface area contributed by atoms with E-state index in [1.54, 1.807) is 6.07 Å². The molecule has 0 aromatic heterocycles. The van der Waals surface area contributed by atoms with Crippen LogP contribution < -0.4 is 4.74 Å². The Hall–Kier alpha value is -4.68. The van der Waals surface area contributed by atoms with Gasteiger partial charge in [-0.25, -0.2) is 4.79 Å². The number of hydrogen-bond acceptors (Lipinski definition) is 6. The molecule has 248 valence electrons. The van der Waals surface area contributed by atoms with Crippen molar-refractivity contribution in [2.24, 2.45) is 0 Å². The zero-order chi connectivity index (χ0) is 34.5. The van der Waals surface area contributed by atoms with Crippen LogP contribution in [0.5, 0.6) is 5.75 Å². The Morgan fingerprint density at radius 2 is 1.30 bits per heavy atom. The van der Waals surface area contributed by atoms with Gasteiger partial charge in [-0.2, -0.15) is 13.2 Å². The highest BCUT2D eigenvalue weighted by atomic mass is 19.4. The molecule has 0 aliphatic carbocycles. The molecule has 9 nitrogen and oxygen atoms in total. The van der Waals surface area contributed by atoms with Gasteiger partial charge in [-0.1, -0.05) is 68.4 Å². The minimum atomic E-state index is -4.40. The molecule has 0 bridgehead atoms. The zero-order valence-electron chi connectivity index (χ0n) is 25.8. The van der Waals surface area contributed by atoms with Crippen molar-refractivity contribution >= 4 is 29.1 Å². The second-order valence-electron chi connectivity index (χ2n) is 10.3. The molecule has 0 aliphatic rings. The van der Waals surface area contributed by atoms with Gasteiger partial charge < -0.3 is 30.1 Å². The largest absolute Gasteiger partial charge is 0.492 e. The predicted molar refractivity (Wildman–Crippen MR) is 166 cm³/mol. The number of likely N-dealkylation sites (N-methyl/N-ethyl adjacent to an activating group) is 1. The molecular formula is C34H38F3NO8. The zero-order valence-corrected chi connectivity index (χ0v) is 25.8. The first-order valence-electron chi connectivity index (χ1n) is 14.4. The molecule has 0 saturated heterocycles. The Kier molecular flexibility index (Phi) is 14.0. The Bertz CT molecular complexity index is 1470. The molecule has 46 heavy (non-hydrogen) atoms. The van der Waals surface area contributed by atoms with Gasteiger partial charge in [0.15, 0.2) is 5.60 Å². The minimum Gasteiger partial charge on any atom is -0.492 e. The lowest BCUT2D eigenvalue weighted by Gasteiger charge is -2.18. The number of benzene rings is 3. The van der Waals surface area contributed by atoms with E-state index >= 15 is 0 Å². The van der Waals surface area contributed by atoms with Crippen LogP contribution in [0.15, 0.2) is 78.9 Å². The normalized spacial score (nSPS) is 12.1. The fourth-order valence-corrected chi connectivity index (χ4v) is 4.55. The van der Waals surface area contributed by atoms with Gasteiger partial charge >= 0.3 is 24.1 Å². The number of carboxylic acid groups (broad SMARTS) is 3. The highest BCUT2D eigenvalue weighted by Crippen LogP contribution is 2.36. The summed E-state index contributed by atoms with van der Waals surface area (Å²) in [6.07, 6.45) is -6.69. The highest BCUT2D eigenvalue weighted by Gasteiger charge is 2.40. The summed E-state index contributed by atoms with van der Waals surface area (Å²) in [7, 11) is 0. The summed E-state index contributed by atoms with van der Waals surface area (Å²) in [5, 5.41) is 33.8. The summed E-state index contributed by atoms with van der Waals surface area (Å²) in [5.74, 6) is -4.28. The number of alkyl halides is 3. The van der Waals surface area contributed by atoms with Crippen LogP contribution in [0, 0.1) is 0 Å². The molecule has 0 atom stereocenters. The summed E-state index contributed by atoms with van der Waals surface area (Å²) in [6.45, 7) is 9.56. The first kappa shape index (κ1) is 37.5. The molecule has 12 heteroatoms. The molecule has 0 saturated carbocycles. The van der Waals surface area contributed by atoms with Crippen LogP contribution in [-0.2, 0) is 20.6 Å². The topological polar surface area (TPSA) is 145 Å². The Morgan fingerprint density at radius 3 is 1.78 bits per heavy atom. The third-order valence-corrected chi connectivity index (χ3v) is 7.06. The van der Waals surface area contributed by atoms with Gasteiger partial charge in [-0.15, -0.1) is 0 Å². The second-order valence-corrected chi connectivity index (χ2v) is 10.3. The maximum Gasteiger partial charge on any atom is 0.416 e. The van der Waals surface area contributed by atoms with Gasteiger partial charge in [-0.05, 0) is 72.1 Å². The SMILES string of the molecule is CCN(CC)CCOc1ccc(/C(=C(/C)c2ccccc2)c2cccc(C(F)(F)F)c2)cc1.O=C(O)CC(O)(CC(=O)O)C(=O)O. The fraction of sp³-hybridized carbons (Fsp3) is 0.324. The van der Waals surface area contributed by atoms with Crippen molar-refractivity contribution in [3.05, 3.63) is 101 Å². The standard InChI is InChI=1S/C28H30F3NO.C6H8O7/c1-4-32(5-2)18-19-33-26-16-14-23(15-17-26)27(21(3)22-10-7-6-8-11-22)24-12-9-13-25(20-24)28(29,30)31;7-3(8)1-6(13,5(11)12)2-4(9)10/h6-17,20H,4-5,18-19H2,1-3H3;13H,1-2H2,(H,7,8)(H,9,10)(H,11,12)/b27-21+;. The lowest BCUT2D eigenvalue weighted by molar-refractivity contribution is -0.170. The van der Waals surface area contributed by atoms with E-state index in [0.717, 1.165) is 53.7 Å². The number of carboxylic acids is 3. The Balaban J connectivity index is 0.000000479. The predicted octanol–water partition coefficient (Wildman–Crippen LogP) is 6.16. The van der Waals surface area contributed by atoms with E-state index in [2.05, 4.69) is 18.7 Å². The number of hydrogen-bond donors (Lipinski definition) is 4. The van der Waals surface area contributed by atoms with Gasteiger partial charge in [0.2, 0.25) is 0 Å². The number of aliphatic carboxylic acids is 3. The summed E-state index contributed by atoms with van der Waals surface area (Å²) in [6, 6.07) is 22.8. The molecule has 0 spiro atoms. The van der Waals surface area contributed by atoms with Crippen LogP contribution >= 0.6 is 0 Å². The molecule has 0 heterocycles. The van der Waals surface area contributed by atoms with Crippen LogP contribution in [0.2, 0.25) is 0 Å². The molecule has 4 N–H and O–H groups in total. The van der Waals surface area contributed by atoms with Crippen LogP contribution in [0.25, 0.3) is 11.1 Å². The Labute approximate surface area is 265 Å². The summed E-state index contributed by atoms with van der Waals surface area (Å²) in [4.78, 5) is 32.8. The third kappa shape index (κ3) is 11.4. The quantitative estimate of drug-likeness (QED) is 0.152. The van der Waals surface area contributed by atoms with Gasteiger partial charge in [-0.3, -0.25) is 9.59 Å². The van der Waals surface area contributed by atoms with Crippen molar-refractivity contribution in [1.29, 1.82) is 0 Å². The van der Waals surface area contributed by atoms with Gasteiger partial charge in [0.05, 0.1) is 18.4 Å². The number of halogens is 3. The number of carbonyl (C=O) groups is 3. The molecule has 0 amide bonds. The van der Waals surface area contributed by atoms with Gasteiger partial charge in [0, 0.05) is 6.54 Å². The minimum absolute atomic E-state index is 0.529. The van der Waals surface area contributed by atoms with E-state index in [1.165, 1.54) is 12.1 Å². The number of rotatable bonds is 14. The summed E-state index contributed by atoms with van der Waals surface area (Å²) < 4.78 is 46.1. The van der Waals surface area contributed by atoms with Crippen molar-refractivity contribution < 1.29 is 52.7 Å². The van der Waals surface area contributed by atoms with Crippen LogP contribution in [0.4, 0.5) is 13.2 Å². The fourth-order valence-electron chi connectivity index (χ4n) is 4.55. The molecule has 3 aromatic carbocycles. The lowest BCUT2D eigenvalue weighted by atomic mass is 9.89. The van der Waals surface area contributed by atoms with E-state index < -0.39 is 48.1 Å². The number of allylic oxidation sites excluding steroid dienone is 1. The van der Waals surface area contributed by atoms with Crippen molar-refractivity contribution in [1.82, 2.24) is 4.90 Å². The molecule has 3 aromatic rings. The molecule has 0 aliphatic heterocycles. The van der Waals surface area contributed by atoms with E-state index in [4.69, 9.17) is 25.2 Å². The lowest BCUT2D eigenvalue weighted by Crippen LogP contribution is -2.42. The monoisotopic (exact) mass is 645 g/mol. The van der Waals surface area contributed by atoms with Crippen LogP contribution in [0.3, 0.4) is 0 Å². The summed E-state index contributed by atoms with van der Waals surface area (Å²) >= 11 is 0. The van der Waals surface area contributed by atoms with Crippen LogP contribution in [0.1, 0.15) is 55.9 Å². The smallest absolute Gasteiger partial charge is 0.416 e. The number of nitrogens with zero attached hydrogens (tertiary/aromatic N) is 1. The van der Waals surface area contributed by atoms with Crippen molar-refractivity contribution in [2.75, 3.05) is 26.2 Å². The average molecular weight is 646 g/mol. The Morgan fingerprint density at radius 1 is 0.761 bits per heavy atom. The second kappa shape index (κ2) is 17.1. The average Bonchev–Trinajstić information content (AvgIpc) is 3.00. The molecule has 0 radical (unpaired) electrons. The maximum atomic E-state index is 13.4. The van der Waals surface area contributed by atoms with Crippen molar-refractivity contribution in [3.8, 4) is 5.75 Å². The van der Waals surface area contributed by atoms with E-state index in [1.807, 2.05) is 61.5 Å². The van der Waals surface area contributed by atoms with Crippen molar-refractivity contribution in [2.45, 2.75) is 45.4 Å². The van der Waals surface area contributed by atoms with E-state index in [0.29, 0.717) is 12.2 Å². The summed E-state index contributed by atoms with van der Waals surface area (Å²) in [5.41, 5.74) is 0.608. The van der Waals surface area contributed by atoms with Gasteiger partial charge in [0.1, 0.15) is 12.4 Å². The van der Waals surface area contributed by atoms with Gasteiger partial charge in [0.25, 0.3) is 0 Å². The molecule has 0 unspecified atom stereocenters. The first-order valence-corrected chi connectivity index (χ1v) is 14.4. The maximum absolute atomic E-state index is 13.4. The molecule has 3 rings (SSSR count). The first-order chi connectivity index (χ1) is 21.6. The number of ether oxygens (including phenoxy) is 1. The van der Waals surface area contributed by atoms with E-state index in [9.17, 15) is 27.6 Å². The number of aliphatic hydroxyl groups is 1. The van der Waals surface area contributed by atoms with E-state index in [-0.39, 0.29) is 0 Å². The molecule has 0 fully saturated rings.